The number of nitrogens with zero attached hydrogens (tertiary/aromatic N) is 1. The molecule has 0 bridgehead atoms. The zero-order chi connectivity index (χ0) is 20.8. The Morgan fingerprint density at radius 3 is 2.03 bits per heavy atom. The molecule has 3 rings (SSSR count). The van der Waals surface area contributed by atoms with Gasteiger partial charge in [-0.15, -0.1) is 0 Å². The Kier molecular flexibility index (Phi) is 6.97. The first-order valence-electron chi connectivity index (χ1n) is 9.50. The Morgan fingerprint density at radius 1 is 0.828 bits per heavy atom. The molecule has 0 aromatic heterocycles. The Balaban J connectivity index is 1.90. The summed E-state index contributed by atoms with van der Waals surface area (Å²) in [5.41, 5.74) is 2.16. The summed E-state index contributed by atoms with van der Waals surface area (Å²) in [6.45, 7) is 2.15. The van der Waals surface area contributed by atoms with Crippen LogP contribution in [0.2, 0.25) is 0 Å². The number of isothiocyanates is 1. The van der Waals surface area contributed by atoms with Gasteiger partial charge in [0.15, 0.2) is 11.6 Å². The van der Waals surface area contributed by atoms with Gasteiger partial charge in [0.2, 0.25) is 0 Å². The Hall–Kier alpha value is -2.75. The second-order valence-corrected chi connectivity index (χ2v) is 6.99. The Bertz CT molecular complexity index is 1050. The Morgan fingerprint density at radius 2 is 1.45 bits per heavy atom. The molecule has 0 fully saturated rings. The summed E-state index contributed by atoms with van der Waals surface area (Å²) < 4.78 is 43.6. The molecule has 1 nitrogen and oxygen atoms in total. The maximum Gasteiger partial charge on any atom is 0.167 e. The van der Waals surface area contributed by atoms with Crippen molar-refractivity contribution in [2.45, 2.75) is 32.6 Å². The van der Waals surface area contributed by atoms with Gasteiger partial charge in [0.05, 0.1) is 5.16 Å². The summed E-state index contributed by atoms with van der Waals surface area (Å²) in [6, 6.07) is 14.4. The highest BCUT2D eigenvalue weighted by Gasteiger charge is 2.17. The first-order chi connectivity index (χ1) is 14.0. The van der Waals surface area contributed by atoms with Gasteiger partial charge in [-0.05, 0) is 53.9 Å². The van der Waals surface area contributed by atoms with Crippen molar-refractivity contribution in [2.24, 2.45) is 4.99 Å². The molecule has 0 aliphatic rings. The summed E-state index contributed by atoms with van der Waals surface area (Å²) >= 11 is 4.46. The van der Waals surface area contributed by atoms with Crippen LogP contribution < -0.4 is 0 Å². The molecule has 0 unspecified atom stereocenters. The summed E-state index contributed by atoms with van der Waals surface area (Å²) in [5.74, 6) is -2.65. The molecule has 0 spiro atoms. The van der Waals surface area contributed by atoms with E-state index >= 15 is 0 Å². The van der Waals surface area contributed by atoms with Crippen molar-refractivity contribution < 1.29 is 13.2 Å². The SMILES string of the molecule is CCCCCc1ccc(-c2ccc(-c3ccc(N=C=S)c(F)c3)c(F)c2F)cc1. The van der Waals surface area contributed by atoms with E-state index < -0.39 is 17.5 Å². The molecule has 3 aromatic rings. The second-order valence-electron chi connectivity index (χ2n) is 6.81. The van der Waals surface area contributed by atoms with E-state index in [1.807, 2.05) is 12.1 Å². The number of halogens is 3. The van der Waals surface area contributed by atoms with Crippen molar-refractivity contribution in [3.8, 4) is 22.3 Å². The lowest BCUT2D eigenvalue weighted by atomic mass is 9.97. The molecule has 0 saturated carbocycles. The van der Waals surface area contributed by atoms with Crippen LogP contribution in [0.15, 0.2) is 59.6 Å². The average molecular weight is 411 g/mol. The topological polar surface area (TPSA) is 12.4 Å². The summed E-state index contributed by atoms with van der Waals surface area (Å²) in [7, 11) is 0. The largest absolute Gasteiger partial charge is 0.205 e. The third-order valence-corrected chi connectivity index (χ3v) is 4.93. The molecular weight excluding hydrogens is 391 g/mol. The zero-order valence-corrected chi connectivity index (χ0v) is 16.8. The van der Waals surface area contributed by atoms with Crippen molar-refractivity contribution >= 4 is 23.1 Å². The maximum atomic E-state index is 14.8. The number of rotatable bonds is 7. The standard InChI is InChI=1S/C24H20F3NS/c1-2-3-4-5-16-6-8-17(9-7-16)19-11-12-20(24(27)23(19)26)18-10-13-22(28-15-29)21(25)14-18/h6-14H,2-5H2,1H3. The predicted molar refractivity (Wildman–Crippen MR) is 115 cm³/mol. The van der Waals surface area contributed by atoms with Gasteiger partial charge in [-0.1, -0.05) is 62.2 Å². The van der Waals surface area contributed by atoms with Gasteiger partial charge in [0.1, 0.15) is 11.5 Å². The smallest absolute Gasteiger partial charge is 0.167 e. The van der Waals surface area contributed by atoms with Gasteiger partial charge in [-0.3, -0.25) is 0 Å². The monoisotopic (exact) mass is 411 g/mol. The molecule has 29 heavy (non-hydrogen) atoms. The van der Waals surface area contributed by atoms with Crippen molar-refractivity contribution in [1.82, 2.24) is 0 Å². The fourth-order valence-corrected chi connectivity index (χ4v) is 3.34. The van der Waals surface area contributed by atoms with Crippen LogP contribution in [0.25, 0.3) is 22.3 Å². The molecule has 0 heterocycles. The molecule has 0 atom stereocenters. The Labute approximate surface area is 173 Å². The van der Waals surface area contributed by atoms with E-state index in [4.69, 9.17) is 0 Å². The van der Waals surface area contributed by atoms with Crippen LogP contribution in [0.3, 0.4) is 0 Å². The summed E-state index contributed by atoms with van der Waals surface area (Å²) in [6.07, 6.45) is 4.40. The zero-order valence-electron chi connectivity index (χ0n) is 16.0. The fraction of sp³-hybridized carbons (Fsp3) is 0.208. The fourth-order valence-electron chi connectivity index (χ4n) is 3.24. The van der Waals surface area contributed by atoms with E-state index in [1.54, 1.807) is 12.1 Å². The molecule has 0 amide bonds. The van der Waals surface area contributed by atoms with E-state index in [0.29, 0.717) is 5.56 Å². The van der Waals surface area contributed by atoms with Crippen molar-refractivity contribution in [3.05, 3.63) is 77.6 Å². The second kappa shape index (κ2) is 9.64. The van der Waals surface area contributed by atoms with Crippen molar-refractivity contribution in [1.29, 1.82) is 0 Å². The lowest BCUT2D eigenvalue weighted by Gasteiger charge is -2.10. The highest BCUT2D eigenvalue weighted by molar-refractivity contribution is 7.78. The quantitative estimate of drug-likeness (QED) is 0.219. The van der Waals surface area contributed by atoms with Gasteiger partial charge < -0.3 is 0 Å². The summed E-state index contributed by atoms with van der Waals surface area (Å²) in [4.78, 5) is 3.59. The minimum Gasteiger partial charge on any atom is -0.205 e. The van der Waals surface area contributed by atoms with Gasteiger partial charge in [0, 0.05) is 11.1 Å². The minimum absolute atomic E-state index is 0.000256. The molecule has 0 saturated heterocycles. The molecule has 0 radical (unpaired) electrons. The van der Waals surface area contributed by atoms with E-state index in [1.165, 1.54) is 36.2 Å². The molecule has 5 heteroatoms. The third kappa shape index (κ3) is 4.81. The van der Waals surface area contributed by atoms with Gasteiger partial charge in [-0.2, -0.15) is 4.99 Å². The average Bonchev–Trinajstić information content (AvgIpc) is 2.73. The minimum atomic E-state index is -1.01. The number of aliphatic imine (C=N–C) groups is 1. The number of aryl methyl sites for hydroxylation is 1. The molecular formula is C24H20F3NS. The highest BCUT2D eigenvalue weighted by Crippen LogP contribution is 2.33. The lowest BCUT2D eigenvalue weighted by molar-refractivity contribution is 0.513. The molecule has 0 aliphatic carbocycles. The predicted octanol–water partition coefficient (Wildman–Crippen LogP) is 7.90. The van der Waals surface area contributed by atoms with Crippen LogP contribution in [0.1, 0.15) is 31.7 Å². The normalized spacial score (nSPS) is 10.6. The van der Waals surface area contributed by atoms with E-state index in [0.717, 1.165) is 25.3 Å². The molecule has 148 valence electrons. The first kappa shape index (κ1) is 21.0. The highest BCUT2D eigenvalue weighted by atomic mass is 32.1. The van der Waals surface area contributed by atoms with Crippen LogP contribution in [-0.2, 0) is 6.42 Å². The van der Waals surface area contributed by atoms with Crippen molar-refractivity contribution in [2.75, 3.05) is 0 Å². The number of hydrogen-bond acceptors (Lipinski definition) is 2. The molecule has 3 aromatic carbocycles. The van der Waals surface area contributed by atoms with Gasteiger partial charge >= 0.3 is 0 Å². The van der Waals surface area contributed by atoms with E-state index in [-0.39, 0.29) is 22.4 Å². The number of benzene rings is 3. The van der Waals surface area contributed by atoms with Crippen molar-refractivity contribution in [3.63, 3.8) is 0 Å². The number of hydrogen-bond donors (Lipinski definition) is 0. The van der Waals surface area contributed by atoms with Gasteiger partial charge in [-0.25, -0.2) is 13.2 Å². The number of thiocarbonyl (C=S) groups is 1. The van der Waals surface area contributed by atoms with Gasteiger partial charge in [0.25, 0.3) is 0 Å². The molecule has 0 aliphatic heterocycles. The van der Waals surface area contributed by atoms with E-state index in [2.05, 4.69) is 29.3 Å². The van der Waals surface area contributed by atoms with Crippen LogP contribution >= 0.6 is 12.2 Å². The third-order valence-electron chi connectivity index (χ3n) is 4.84. The number of unbranched alkanes of at least 4 members (excludes halogenated alkanes) is 2. The first-order valence-corrected chi connectivity index (χ1v) is 9.91. The van der Waals surface area contributed by atoms with Crippen LogP contribution in [-0.4, -0.2) is 5.16 Å². The lowest BCUT2D eigenvalue weighted by Crippen LogP contribution is -1.95. The molecule has 0 N–H and O–H groups in total. The van der Waals surface area contributed by atoms with E-state index in [9.17, 15) is 13.2 Å². The summed E-state index contributed by atoms with van der Waals surface area (Å²) in [5, 5.41) is 2.08. The maximum absolute atomic E-state index is 14.8. The van der Waals surface area contributed by atoms with Crippen LogP contribution in [0.4, 0.5) is 18.9 Å². The van der Waals surface area contributed by atoms with Crippen LogP contribution in [0, 0.1) is 17.5 Å². The van der Waals surface area contributed by atoms with Crippen LogP contribution in [0.5, 0.6) is 0 Å².